The molecule has 0 aliphatic carbocycles. The molecule has 1 aromatic carbocycles. The van der Waals surface area contributed by atoms with Gasteiger partial charge in [0, 0.05) is 14.8 Å². The zero-order valence-electron chi connectivity index (χ0n) is 8.92. The van der Waals surface area contributed by atoms with Crippen LogP contribution in [0, 0.1) is 0 Å². The molecule has 0 saturated carbocycles. The maximum Gasteiger partial charge on any atom is 0.232 e. The number of halogens is 3. The van der Waals surface area contributed by atoms with Gasteiger partial charge in [0.15, 0.2) is 0 Å². The monoisotopic (exact) mass is 403 g/mol. The number of unbranched alkanes of at least 4 members (excludes halogenated alkanes) is 1. The molecule has 0 spiro atoms. The molecule has 0 radical (unpaired) electrons. The number of sulfonamides is 1. The highest BCUT2D eigenvalue weighted by atomic mass is 79.9. The quantitative estimate of drug-likeness (QED) is 0.575. The van der Waals surface area contributed by atoms with E-state index in [2.05, 4.69) is 36.6 Å². The van der Waals surface area contributed by atoms with E-state index < -0.39 is 10.0 Å². The third-order valence-corrected chi connectivity index (χ3v) is 4.80. The molecule has 3 nitrogen and oxygen atoms in total. The van der Waals surface area contributed by atoms with Gasteiger partial charge in [-0.25, -0.2) is 8.42 Å². The zero-order valence-corrected chi connectivity index (χ0v) is 13.7. The number of hydrogen-bond donors (Lipinski definition) is 1. The van der Waals surface area contributed by atoms with Gasteiger partial charge in [-0.05, 0) is 47.0 Å². The first-order valence-electron chi connectivity index (χ1n) is 4.96. The average molecular weight is 406 g/mol. The Labute approximate surface area is 123 Å². The summed E-state index contributed by atoms with van der Waals surface area (Å²) in [6.45, 7) is 0. The number of rotatable bonds is 6. The predicted octanol–water partition coefficient (Wildman–Crippen LogP) is 3.97. The second-order valence-electron chi connectivity index (χ2n) is 3.44. The number of anilines is 1. The molecule has 1 aromatic rings. The van der Waals surface area contributed by atoms with Crippen molar-refractivity contribution in [1.29, 1.82) is 0 Å². The molecule has 1 N–H and O–H groups in total. The van der Waals surface area contributed by atoms with E-state index in [1.165, 1.54) is 0 Å². The molecule has 7 heteroatoms. The molecular formula is C10H12Br2ClNO2S. The van der Waals surface area contributed by atoms with Crippen molar-refractivity contribution < 1.29 is 8.42 Å². The molecule has 0 aliphatic rings. The first kappa shape index (κ1) is 15.3. The highest BCUT2D eigenvalue weighted by Gasteiger charge is 2.12. The summed E-state index contributed by atoms with van der Waals surface area (Å²) in [6.07, 6.45) is 1.26. The van der Waals surface area contributed by atoms with Crippen LogP contribution in [0.15, 0.2) is 27.1 Å². The minimum Gasteiger partial charge on any atom is -0.282 e. The third kappa shape index (κ3) is 5.59. The first-order chi connectivity index (χ1) is 7.94. The van der Waals surface area contributed by atoms with E-state index in [4.69, 9.17) is 11.6 Å². The number of alkyl halides is 1. The fourth-order valence-electron chi connectivity index (χ4n) is 1.18. The lowest BCUT2D eigenvalue weighted by Gasteiger charge is -2.09. The van der Waals surface area contributed by atoms with Crippen LogP contribution in [0.5, 0.6) is 0 Å². The van der Waals surface area contributed by atoms with Crippen LogP contribution in [-0.2, 0) is 10.0 Å². The van der Waals surface area contributed by atoms with Crippen LogP contribution in [0.2, 0.25) is 0 Å². The van der Waals surface area contributed by atoms with Gasteiger partial charge in [-0.3, -0.25) is 4.72 Å². The Bertz CT molecular complexity index is 479. The summed E-state index contributed by atoms with van der Waals surface area (Å²) >= 11 is 12.1. The van der Waals surface area contributed by atoms with E-state index in [0.717, 1.165) is 4.47 Å². The maximum absolute atomic E-state index is 11.7. The van der Waals surface area contributed by atoms with Crippen LogP contribution in [0.1, 0.15) is 12.8 Å². The zero-order chi connectivity index (χ0) is 12.9. The lowest BCUT2D eigenvalue weighted by Crippen LogP contribution is -2.17. The molecule has 0 unspecified atom stereocenters. The van der Waals surface area contributed by atoms with E-state index >= 15 is 0 Å². The topological polar surface area (TPSA) is 46.2 Å². The fourth-order valence-corrected chi connectivity index (χ4v) is 3.40. The van der Waals surface area contributed by atoms with E-state index in [1.54, 1.807) is 12.1 Å². The minimum atomic E-state index is -3.31. The summed E-state index contributed by atoms with van der Waals surface area (Å²) in [5, 5.41) is 0. The molecule has 0 heterocycles. The van der Waals surface area contributed by atoms with E-state index in [-0.39, 0.29) is 5.75 Å². The van der Waals surface area contributed by atoms with Gasteiger partial charge >= 0.3 is 0 Å². The van der Waals surface area contributed by atoms with Crippen molar-refractivity contribution in [1.82, 2.24) is 0 Å². The van der Waals surface area contributed by atoms with Crippen LogP contribution >= 0.6 is 43.5 Å². The molecule has 0 saturated heterocycles. The minimum absolute atomic E-state index is 0.0820. The van der Waals surface area contributed by atoms with Crippen molar-refractivity contribution in [2.45, 2.75) is 12.8 Å². The molecular weight excluding hydrogens is 393 g/mol. The Balaban J connectivity index is 2.72. The molecule has 0 amide bonds. The van der Waals surface area contributed by atoms with Crippen molar-refractivity contribution in [3.63, 3.8) is 0 Å². The standard InChI is InChI=1S/C10H12Br2ClNO2S/c11-8-3-4-9(12)10(7-8)14-17(15,16)6-2-1-5-13/h3-4,7,14H,1-2,5-6H2. The molecule has 0 aromatic heterocycles. The summed E-state index contributed by atoms with van der Waals surface area (Å²) in [6, 6.07) is 5.32. The van der Waals surface area contributed by atoms with Gasteiger partial charge in [-0.15, -0.1) is 11.6 Å². The molecule has 96 valence electrons. The Kier molecular flexibility index (Phi) is 6.26. The van der Waals surface area contributed by atoms with Gasteiger partial charge in [0.05, 0.1) is 11.4 Å². The summed E-state index contributed by atoms with van der Waals surface area (Å²) in [4.78, 5) is 0. The fraction of sp³-hybridized carbons (Fsp3) is 0.400. The second kappa shape index (κ2) is 6.97. The van der Waals surface area contributed by atoms with Crippen LogP contribution in [0.3, 0.4) is 0 Å². The number of hydrogen-bond acceptors (Lipinski definition) is 2. The Morgan fingerprint density at radius 1 is 1.24 bits per heavy atom. The van der Waals surface area contributed by atoms with Crippen LogP contribution < -0.4 is 4.72 Å². The van der Waals surface area contributed by atoms with Crippen molar-refractivity contribution in [3.8, 4) is 0 Å². The van der Waals surface area contributed by atoms with Gasteiger partial charge in [0.2, 0.25) is 10.0 Å². The average Bonchev–Trinajstić information content (AvgIpc) is 2.23. The molecule has 0 fully saturated rings. The van der Waals surface area contributed by atoms with Gasteiger partial charge in [0.1, 0.15) is 0 Å². The molecule has 1 rings (SSSR count). The maximum atomic E-state index is 11.7. The first-order valence-corrected chi connectivity index (χ1v) is 8.73. The van der Waals surface area contributed by atoms with Gasteiger partial charge in [-0.1, -0.05) is 15.9 Å². The van der Waals surface area contributed by atoms with Crippen molar-refractivity contribution >= 4 is 59.2 Å². The Morgan fingerprint density at radius 2 is 1.94 bits per heavy atom. The summed E-state index contributed by atoms with van der Waals surface area (Å²) < 4.78 is 27.6. The normalized spacial score (nSPS) is 11.5. The molecule has 0 aliphatic heterocycles. The number of nitrogens with one attached hydrogen (secondary N) is 1. The summed E-state index contributed by atoms with van der Waals surface area (Å²) in [7, 11) is -3.31. The van der Waals surface area contributed by atoms with Gasteiger partial charge in [0.25, 0.3) is 0 Å². The predicted molar refractivity (Wildman–Crippen MR) is 79.2 cm³/mol. The highest BCUT2D eigenvalue weighted by Crippen LogP contribution is 2.27. The van der Waals surface area contributed by atoms with E-state index in [1.807, 2.05) is 6.07 Å². The second-order valence-corrected chi connectivity index (χ2v) is 7.43. The lowest BCUT2D eigenvalue weighted by molar-refractivity contribution is 0.598. The van der Waals surface area contributed by atoms with E-state index in [0.29, 0.717) is 28.9 Å². The van der Waals surface area contributed by atoms with Crippen LogP contribution in [-0.4, -0.2) is 20.1 Å². The Morgan fingerprint density at radius 3 is 2.59 bits per heavy atom. The SMILES string of the molecule is O=S(=O)(CCCCCl)Nc1cc(Br)ccc1Br. The lowest BCUT2D eigenvalue weighted by atomic mass is 10.3. The highest BCUT2D eigenvalue weighted by molar-refractivity contribution is 9.11. The molecule has 0 bridgehead atoms. The molecule has 17 heavy (non-hydrogen) atoms. The van der Waals surface area contributed by atoms with Crippen LogP contribution in [0.25, 0.3) is 0 Å². The van der Waals surface area contributed by atoms with Gasteiger partial charge in [-0.2, -0.15) is 0 Å². The largest absolute Gasteiger partial charge is 0.282 e. The van der Waals surface area contributed by atoms with E-state index in [9.17, 15) is 8.42 Å². The molecule has 0 atom stereocenters. The van der Waals surface area contributed by atoms with Crippen molar-refractivity contribution in [2.75, 3.05) is 16.4 Å². The summed E-state index contributed by atoms with van der Waals surface area (Å²) in [5.74, 6) is 0.564. The van der Waals surface area contributed by atoms with Crippen molar-refractivity contribution in [2.24, 2.45) is 0 Å². The third-order valence-electron chi connectivity index (χ3n) is 1.99. The smallest absolute Gasteiger partial charge is 0.232 e. The summed E-state index contributed by atoms with van der Waals surface area (Å²) in [5.41, 5.74) is 0.533. The number of benzene rings is 1. The van der Waals surface area contributed by atoms with Gasteiger partial charge < -0.3 is 0 Å². The van der Waals surface area contributed by atoms with Crippen molar-refractivity contribution in [3.05, 3.63) is 27.1 Å². The van der Waals surface area contributed by atoms with Crippen LogP contribution in [0.4, 0.5) is 5.69 Å². The Hall–Kier alpha value is 0.220.